The van der Waals surface area contributed by atoms with Crippen molar-refractivity contribution in [2.75, 3.05) is 20.8 Å². The minimum Gasteiger partial charge on any atom is -0.493 e. The average molecular weight is 320 g/mol. The van der Waals surface area contributed by atoms with E-state index in [0.717, 1.165) is 0 Å². The standard InChI is InChI=1S/C16H20N2O5/c1-5-23-15(20)16(10-17,18-11(2)19)9-12-6-7-13(21-3)14(8-12)22-4/h6-8H,5,9H2,1-4H3,(H,18,19). The Balaban J connectivity index is 3.22. The number of rotatable bonds is 7. The number of nitriles is 1. The fourth-order valence-electron chi connectivity index (χ4n) is 2.13. The Morgan fingerprint density at radius 2 is 1.91 bits per heavy atom. The Kier molecular flexibility index (Phi) is 6.39. The van der Waals surface area contributed by atoms with Gasteiger partial charge in [-0.15, -0.1) is 0 Å². The zero-order valence-electron chi connectivity index (χ0n) is 13.6. The van der Waals surface area contributed by atoms with Crippen LogP contribution in [-0.4, -0.2) is 38.2 Å². The smallest absolute Gasteiger partial charge is 0.347 e. The molecule has 1 atom stereocenters. The molecule has 0 saturated carbocycles. The SMILES string of the molecule is CCOC(=O)C(C#N)(Cc1ccc(OC)c(OC)c1)NC(C)=O. The van der Waals surface area contributed by atoms with Crippen molar-refractivity contribution >= 4 is 11.9 Å². The first kappa shape index (κ1) is 18.3. The van der Waals surface area contributed by atoms with Crippen molar-refractivity contribution in [2.24, 2.45) is 0 Å². The number of hydrogen-bond acceptors (Lipinski definition) is 6. The number of nitrogens with zero attached hydrogens (tertiary/aromatic N) is 1. The second kappa shape index (κ2) is 8.03. The highest BCUT2D eigenvalue weighted by atomic mass is 16.5. The van der Waals surface area contributed by atoms with E-state index in [1.54, 1.807) is 25.1 Å². The van der Waals surface area contributed by atoms with Crippen molar-refractivity contribution in [3.63, 3.8) is 0 Å². The Morgan fingerprint density at radius 1 is 1.26 bits per heavy atom. The minimum atomic E-state index is -1.79. The normalized spacial score (nSPS) is 12.5. The number of carbonyl (C=O) groups is 2. The number of amides is 1. The van der Waals surface area contributed by atoms with Crippen LogP contribution in [0.25, 0.3) is 0 Å². The highest BCUT2D eigenvalue weighted by Crippen LogP contribution is 2.29. The van der Waals surface area contributed by atoms with Crippen molar-refractivity contribution in [1.29, 1.82) is 5.26 Å². The third kappa shape index (κ3) is 4.36. The summed E-state index contributed by atoms with van der Waals surface area (Å²) in [5.74, 6) is -0.314. The monoisotopic (exact) mass is 320 g/mol. The molecule has 23 heavy (non-hydrogen) atoms. The minimum absolute atomic E-state index is 0.0533. The maximum Gasteiger partial charge on any atom is 0.347 e. The summed E-state index contributed by atoms with van der Waals surface area (Å²) in [4.78, 5) is 23.6. The van der Waals surface area contributed by atoms with Gasteiger partial charge in [-0.1, -0.05) is 6.07 Å². The van der Waals surface area contributed by atoms with E-state index < -0.39 is 17.4 Å². The first-order valence-corrected chi connectivity index (χ1v) is 7.00. The number of carbonyl (C=O) groups excluding carboxylic acids is 2. The van der Waals surface area contributed by atoms with Gasteiger partial charge >= 0.3 is 5.97 Å². The Bertz CT molecular complexity index is 623. The lowest BCUT2D eigenvalue weighted by molar-refractivity contribution is -0.150. The van der Waals surface area contributed by atoms with Gasteiger partial charge < -0.3 is 19.5 Å². The predicted octanol–water partition coefficient (Wildman–Crippen LogP) is 1.21. The molecule has 0 radical (unpaired) electrons. The van der Waals surface area contributed by atoms with Gasteiger partial charge in [0.15, 0.2) is 11.5 Å². The van der Waals surface area contributed by atoms with Crippen LogP contribution in [0.1, 0.15) is 19.4 Å². The van der Waals surface area contributed by atoms with Crippen LogP contribution in [0.3, 0.4) is 0 Å². The van der Waals surface area contributed by atoms with Crippen molar-refractivity contribution in [1.82, 2.24) is 5.32 Å². The lowest BCUT2D eigenvalue weighted by Crippen LogP contribution is -2.55. The largest absolute Gasteiger partial charge is 0.493 e. The highest BCUT2D eigenvalue weighted by molar-refractivity contribution is 5.90. The number of benzene rings is 1. The Morgan fingerprint density at radius 3 is 2.39 bits per heavy atom. The van der Waals surface area contributed by atoms with E-state index in [4.69, 9.17) is 14.2 Å². The molecule has 0 fully saturated rings. The summed E-state index contributed by atoms with van der Waals surface area (Å²) in [5, 5.41) is 11.9. The van der Waals surface area contributed by atoms with Gasteiger partial charge in [-0.25, -0.2) is 4.79 Å². The van der Waals surface area contributed by atoms with E-state index in [2.05, 4.69) is 5.32 Å². The number of esters is 1. The van der Waals surface area contributed by atoms with Gasteiger partial charge in [-0.3, -0.25) is 4.79 Å². The molecule has 1 aromatic rings. The molecule has 0 aliphatic rings. The topological polar surface area (TPSA) is 97.7 Å². The fourth-order valence-corrected chi connectivity index (χ4v) is 2.13. The Hall–Kier alpha value is -2.75. The number of ether oxygens (including phenoxy) is 3. The van der Waals surface area contributed by atoms with Gasteiger partial charge in [0.25, 0.3) is 0 Å². The molecule has 0 bridgehead atoms. The molecule has 1 rings (SSSR count). The van der Waals surface area contributed by atoms with Crippen LogP contribution in [-0.2, 0) is 20.7 Å². The molecule has 1 N–H and O–H groups in total. The molecule has 0 spiro atoms. The van der Waals surface area contributed by atoms with Crippen molar-refractivity contribution in [3.8, 4) is 17.6 Å². The molecule has 0 heterocycles. The van der Waals surface area contributed by atoms with Crippen LogP contribution in [0.2, 0.25) is 0 Å². The molecule has 7 nitrogen and oxygen atoms in total. The van der Waals surface area contributed by atoms with Gasteiger partial charge in [0, 0.05) is 13.3 Å². The zero-order chi connectivity index (χ0) is 17.5. The second-order valence-corrected chi connectivity index (χ2v) is 4.78. The van der Waals surface area contributed by atoms with Crippen LogP contribution >= 0.6 is 0 Å². The van der Waals surface area contributed by atoms with E-state index in [9.17, 15) is 14.9 Å². The lowest BCUT2D eigenvalue weighted by Gasteiger charge is -2.25. The second-order valence-electron chi connectivity index (χ2n) is 4.78. The predicted molar refractivity (Wildman–Crippen MR) is 82.0 cm³/mol. The third-order valence-electron chi connectivity index (χ3n) is 3.12. The van der Waals surface area contributed by atoms with E-state index in [1.165, 1.54) is 21.1 Å². The average Bonchev–Trinajstić information content (AvgIpc) is 2.53. The maximum atomic E-state index is 12.2. The van der Waals surface area contributed by atoms with Gasteiger partial charge in [0.2, 0.25) is 11.4 Å². The van der Waals surface area contributed by atoms with E-state index >= 15 is 0 Å². The summed E-state index contributed by atoms with van der Waals surface area (Å²) < 4.78 is 15.3. The molecule has 1 amide bonds. The molecule has 0 aromatic heterocycles. The van der Waals surface area contributed by atoms with Gasteiger partial charge in [-0.2, -0.15) is 5.26 Å². The number of hydrogen-bond donors (Lipinski definition) is 1. The number of methoxy groups -OCH3 is 2. The van der Waals surface area contributed by atoms with Crippen LogP contribution in [0.5, 0.6) is 11.5 Å². The summed E-state index contributed by atoms with van der Waals surface area (Å²) in [6.45, 7) is 2.97. The summed E-state index contributed by atoms with van der Waals surface area (Å²) in [5.41, 5.74) is -1.17. The van der Waals surface area contributed by atoms with Crippen LogP contribution in [0, 0.1) is 11.3 Å². The number of nitrogens with one attached hydrogen (secondary N) is 1. The highest BCUT2D eigenvalue weighted by Gasteiger charge is 2.41. The van der Waals surface area contributed by atoms with Crippen LogP contribution in [0.4, 0.5) is 0 Å². The van der Waals surface area contributed by atoms with Crippen molar-refractivity contribution < 1.29 is 23.8 Å². The maximum absolute atomic E-state index is 12.2. The first-order chi connectivity index (χ1) is 10.9. The van der Waals surface area contributed by atoms with Gasteiger partial charge in [0.05, 0.1) is 20.8 Å². The molecular weight excluding hydrogens is 300 g/mol. The molecule has 0 aliphatic carbocycles. The molecule has 1 aromatic carbocycles. The first-order valence-electron chi connectivity index (χ1n) is 7.00. The molecular formula is C16H20N2O5. The van der Waals surface area contributed by atoms with Crippen molar-refractivity contribution in [3.05, 3.63) is 23.8 Å². The van der Waals surface area contributed by atoms with Crippen molar-refractivity contribution in [2.45, 2.75) is 25.8 Å². The summed E-state index contributed by atoms with van der Waals surface area (Å²) in [7, 11) is 2.99. The summed E-state index contributed by atoms with van der Waals surface area (Å²) in [6, 6.07) is 6.86. The molecule has 0 aliphatic heterocycles. The lowest BCUT2D eigenvalue weighted by atomic mass is 9.91. The molecule has 1 unspecified atom stereocenters. The molecule has 124 valence electrons. The fraction of sp³-hybridized carbons (Fsp3) is 0.438. The third-order valence-corrected chi connectivity index (χ3v) is 3.12. The quantitative estimate of drug-likeness (QED) is 0.758. The van der Waals surface area contributed by atoms with E-state index in [1.807, 2.05) is 6.07 Å². The zero-order valence-corrected chi connectivity index (χ0v) is 13.6. The summed E-state index contributed by atoms with van der Waals surface area (Å²) >= 11 is 0. The van der Waals surface area contributed by atoms with Crippen LogP contribution < -0.4 is 14.8 Å². The Labute approximate surface area is 135 Å². The van der Waals surface area contributed by atoms with E-state index in [-0.39, 0.29) is 13.0 Å². The van der Waals surface area contributed by atoms with E-state index in [0.29, 0.717) is 17.1 Å². The molecule has 7 heteroatoms. The van der Waals surface area contributed by atoms with Gasteiger partial charge in [-0.05, 0) is 24.6 Å². The molecule has 0 saturated heterocycles. The summed E-state index contributed by atoms with van der Waals surface area (Å²) in [6.07, 6.45) is -0.0533. The van der Waals surface area contributed by atoms with Gasteiger partial charge in [0.1, 0.15) is 6.07 Å². The van der Waals surface area contributed by atoms with Crippen LogP contribution in [0.15, 0.2) is 18.2 Å².